The van der Waals surface area contributed by atoms with Gasteiger partial charge in [-0.1, -0.05) is 13.3 Å². The van der Waals surface area contributed by atoms with Crippen LogP contribution in [0, 0.1) is 0 Å². The zero-order chi connectivity index (χ0) is 13.2. The molecule has 1 aliphatic rings. The van der Waals surface area contributed by atoms with Gasteiger partial charge in [-0.25, -0.2) is 8.42 Å². The standard InChI is InChI=1S/C12H18N2O3S/c1-2-8-14-10(6-7-13-14)12(15)11-5-3-4-9-18(11,16)17/h6-7,11H,2-5,8-9H2,1H3. The summed E-state index contributed by atoms with van der Waals surface area (Å²) in [4.78, 5) is 12.3. The average molecular weight is 270 g/mol. The molecule has 2 rings (SSSR count). The smallest absolute Gasteiger partial charge is 0.198 e. The van der Waals surface area contributed by atoms with Gasteiger partial charge < -0.3 is 0 Å². The summed E-state index contributed by atoms with van der Waals surface area (Å²) in [6.07, 6.45) is 4.33. The maximum atomic E-state index is 12.3. The number of aromatic nitrogens is 2. The molecule has 0 radical (unpaired) electrons. The van der Waals surface area contributed by atoms with Crippen LogP contribution in [0.3, 0.4) is 0 Å². The Labute approximate surface area is 107 Å². The molecule has 5 nitrogen and oxygen atoms in total. The highest BCUT2D eigenvalue weighted by Gasteiger charge is 2.36. The minimum Gasteiger partial charge on any atom is -0.291 e. The second-order valence-corrected chi connectivity index (χ2v) is 6.96. The number of hydrogen-bond acceptors (Lipinski definition) is 4. The molecular formula is C12H18N2O3S. The zero-order valence-electron chi connectivity index (χ0n) is 10.5. The van der Waals surface area contributed by atoms with Crippen molar-refractivity contribution in [3.8, 4) is 0 Å². The minimum atomic E-state index is -3.27. The van der Waals surface area contributed by atoms with E-state index in [-0.39, 0.29) is 11.5 Å². The SMILES string of the molecule is CCCn1nccc1C(=O)C1CCCCS1(=O)=O. The number of aryl methyl sites for hydroxylation is 1. The van der Waals surface area contributed by atoms with E-state index < -0.39 is 15.1 Å². The highest BCUT2D eigenvalue weighted by Crippen LogP contribution is 2.23. The molecule has 1 atom stereocenters. The first kappa shape index (κ1) is 13.3. The Kier molecular flexibility index (Phi) is 3.85. The number of Topliss-reactive ketones (excluding diaryl/α,β-unsaturated/α-hetero) is 1. The van der Waals surface area contributed by atoms with Gasteiger partial charge >= 0.3 is 0 Å². The summed E-state index contributed by atoms with van der Waals surface area (Å²) in [7, 11) is -3.27. The molecule has 1 aromatic rings. The molecule has 1 fully saturated rings. The molecule has 6 heteroatoms. The quantitative estimate of drug-likeness (QED) is 0.776. The van der Waals surface area contributed by atoms with Gasteiger partial charge in [-0.15, -0.1) is 0 Å². The molecule has 100 valence electrons. The third-order valence-corrected chi connectivity index (χ3v) is 5.45. The Bertz CT molecular complexity index is 533. The topological polar surface area (TPSA) is 69.0 Å². The van der Waals surface area contributed by atoms with Crippen molar-refractivity contribution >= 4 is 15.6 Å². The number of carbonyl (C=O) groups excluding carboxylic acids is 1. The van der Waals surface area contributed by atoms with Gasteiger partial charge in [-0.3, -0.25) is 9.48 Å². The molecule has 1 saturated heterocycles. The van der Waals surface area contributed by atoms with Crippen molar-refractivity contribution in [2.75, 3.05) is 5.75 Å². The lowest BCUT2D eigenvalue weighted by Crippen LogP contribution is -2.36. The van der Waals surface area contributed by atoms with Crippen molar-refractivity contribution in [2.24, 2.45) is 0 Å². The summed E-state index contributed by atoms with van der Waals surface area (Å²) in [6, 6.07) is 1.61. The largest absolute Gasteiger partial charge is 0.291 e. The van der Waals surface area contributed by atoms with Gasteiger partial charge in [0.2, 0.25) is 0 Å². The highest BCUT2D eigenvalue weighted by atomic mass is 32.2. The number of carbonyl (C=O) groups is 1. The zero-order valence-corrected chi connectivity index (χ0v) is 11.3. The normalized spacial score (nSPS) is 22.8. The van der Waals surface area contributed by atoms with Gasteiger partial charge in [0.15, 0.2) is 15.6 Å². The fraction of sp³-hybridized carbons (Fsp3) is 0.667. The van der Waals surface area contributed by atoms with E-state index in [1.807, 2.05) is 6.92 Å². The van der Waals surface area contributed by atoms with Crippen LogP contribution in [0.15, 0.2) is 12.3 Å². The maximum Gasteiger partial charge on any atom is 0.198 e. The van der Waals surface area contributed by atoms with Gasteiger partial charge in [0, 0.05) is 12.7 Å². The van der Waals surface area contributed by atoms with Gasteiger partial charge in [0.1, 0.15) is 10.9 Å². The van der Waals surface area contributed by atoms with E-state index in [1.165, 1.54) is 0 Å². The first-order valence-corrected chi connectivity index (χ1v) is 8.05. The van der Waals surface area contributed by atoms with E-state index in [2.05, 4.69) is 5.10 Å². The second kappa shape index (κ2) is 5.22. The first-order chi connectivity index (χ1) is 8.56. The van der Waals surface area contributed by atoms with Gasteiger partial charge in [0.25, 0.3) is 0 Å². The lowest BCUT2D eigenvalue weighted by atomic mass is 10.1. The predicted octanol–water partition coefficient (Wildman–Crippen LogP) is 1.44. The summed E-state index contributed by atoms with van der Waals surface area (Å²) in [5.41, 5.74) is 0.423. The molecule has 1 unspecified atom stereocenters. The predicted molar refractivity (Wildman–Crippen MR) is 68.3 cm³/mol. The average Bonchev–Trinajstić information content (AvgIpc) is 2.76. The first-order valence-electron chi connectivity index (χ1n) is 6.34. The second-order valence-electron chi connectivity index (χ2n) is 4.66. The summed E-state index contributed by atoms with van der Waals surface area (Å²) in [5, 5.41) is 3.21. The molecule has 0 aliphatic carbocycles. The van der Waals surface area contributed by atoms with E-state index in [1.54, 1.807) is 16.9 Å². The monoisotopic (exact) mass is 270 g/mol. The summed E-state index contributed by atoms with van der Waals surface area (Å²) in [5.74, 6) is -0.161. The number of hydrogen-bond donors (Lipinski definition) is 0. The fourth-order valence-corrected chi connectivity index (χ4v) is 4.21. The summed E-state index contributed by atoms with van der Waals surface area (Å²) < 4.78 is 25.5. The fourth-order valence-electron chi connectivity index (χ4n) is 2.35. The van der Waals surface area contributed by atoms with Crippen molar-refractivity contribution < 1.29 is 13.2 Å². The van der Waals surface area contributed by atoms with Crippen LogP contribution in [0.2, 0.25) is 0 Å². The van der Waals surface area contributed by atoms with Crippen LogP contribution in [0.4, 0.5) is 0 Å². The summed E-state index contributed by atoms with van der Waals surface area (Å²) in [6.45, 7) is 2.63. The maximum absolute atomic E-state index is 12.3. The molecule has 0 aromatic carbocycles. The Morgan fingerprint density at radius 3 is 2.94 bits per heavy atom. The highest BCUT2D eigenvalue weighted by molar-refractivity contribution is 7.92. The van der Waals surface area contributed by atoms with Crippen LogP contribution in [0.1, 0.15) is 43.1 Å². The van der Waals surface area contributed by atoms with E-state index in [4.69, 9.17) is 0 Å². The van der Waals surface area contributed by atoms with E-state index in [0.29, 0.717) is 25.1 Å². The van der Waals surface area contributed by atoms with Crippen molar-refractivity contribution in [2.45, 2.75) is 44.4 Å². The molecule has 0 amide bonds. The molecule has 0 N–H and O–H groups in total. The Morgan fingerprint density at radius 2 is 2.28 bits per heavy atom. The van der Waals surface area contributed by atoms with E-state index >= 15 is 0 Å². The molecule has 1 aliphatic heterocycles. The summed E-state index contributed by atoms with van der Waals surface area (Å²) >= 11 is 0. The lowest BCUT2D eigenvalue weighted by molar-refractivity contribution is 0.0971. The third kappa shape index (κ3) is 2.48. The minimum absolute atomic E-state index is 0.130. The Balaban J connectivity index is 2.27. The molecule has 0 saturated carbocycles. The molecule has 0 spiro atoms. The van der Waals surface area contributed by atoms with E-state index in [9.17, 15) is 13.2 Å². The Morgan fingerprint density at radius 1 is 1.50 bits per heavy atom. The van der Waals surface area contributed by atoms with Crippen molar-refractivity contribution in [3.05, 3.63) is 18.0 Å². The van der Waals surface area contributed by atoms with Crippen LogP contribution >= 0.6 is 0 Å². The Hall–Kier alpha value is -1.17. The van der Waals surface area contributed by atoms with Crippen LogP contribution < -0.4 is 0 Å². The number of sulfone groups is 1. The van der Waals surface area contributed by atoms with E-state index in [0.717, 1.165) is 12.8 Å². The van der Waals surface area contributed by atoms with Gasteiger partial charge in [-0.2, -0.15) is 5.10 Å². The van der Waals surface area contributed by atoms with Crippen molar-refractivity contribution in [1.82, 2.24) is 9.78 Å². The number of nitrogens with zero attached hydrogens (tertiary/aromatic N) is 2. The number of ketones is 1. The third-order valence-electron chi connectivity index (χ3n) is 3.28. The van der Waals surface area contributed by atoms with Crippen LogP contribution in [0.5, 0.6) is 0 Å². The van der Waals surface area contributed by atoms with Gasteiger partial charge in [-0.05, 0) is 25.3 Å². The lowest BCUT2D eigenvalue weighted by Gasteiger charge is -2.21. The van der Waals surface area contributed by atoms with Crippen molar-refractivity contribution in [3.63, 3.8) is 0 Å². The molecule has 0 bridgehead atoms. The number of rotatable bonds is 4. The van der Waals surface area contributed by atoms with Crippen LogP contribution in [-0.4, -0.2) is 35.0 Å². The van der Waals surface area contributed by atoms with Gasteiger partial charge in [0.05, 0.1) is 5.75 Å². The molecule has 18 heavy (non-hydrogen) atoms. The van der Waals surface area contributed by atoms with Crippen molar-refractivity contribution in [1.29, 1.82) is 0 Å². The molecular weight excluding hydrogens is 252 g/mol. The molecule has 1 aromatic heterocycles. The molecule has 2 heterocycles. The van der Waals surface area contributed by atoms with Crippen LogP contribution in [-0.2, 0) is 16.4 Å². The van der Waals surface area contributed by atoms with Crippen LogP contribution in [0.25, 0.3) is 0 Å².